The molecule has 0 spiro atoms. The fraction of sp³-hybridized carbons (Fsp3) is 0.857. The third kappa shape index (κ3) is 2.13. The summed E-state index contributed by atoms with van der Waals surface area (Å²) in [6.45, 7) is 1.67. The van der Waals surface area contributed by atoms with E-state index < -0.39 is 23.9 Å². The van der Waals surface area contributed by atoms with E-state index in [0.29, 0.717) is 18.3 Å². The first kappa shape index (κ1) is 11.8. The van der Waals surface area contributed by atoms with E-state index in [1.165, 1.54) is 5.57 Å². The third-order valence-corrected chi connectivity index (χ3v) is 8.14. The van der Waals surface area contributed by atoms with Crippen molar-refractivity contribution in [2.75, 3.05) is 0 Å². The second-order valence-electron chi connectivity index (χ2n) is 8.96. The van der Waals surface area contributed by atoms with Crippen molar-refractivity contribution in [1.82, 2.24) is 0 Å². The molecule has 3 saturated carbocycles. The summed E-state index contributed by atoms with van der Waals surface area (Å²) < 4.78 is 31.8. The van der Waals surface area contributed by atoms with E-state index >= 15 is 0 Å². The highest BCUT2D eigenvalue weighted by atomic mass is 16.3. The smallest absolute Gasteiger partial charge is 0.133 e. The van der Waals surface area contributed by atoms with Gasteiger partial charge < -0.3 is 5.11 Å². The molecule has 3 fully saturated rings. The Labute approximate surface area is 146 Å². The van der Waals surface area contributed by atoms with Gasteiger partial charge in [-0.25, -0.2) is 0 Å². The molecule has 1 N–H and O–H groups in total. The first-order chi connectivity index (χ1) is 12.4. The number of rotatable bonds is 1. The Hall–Kier alpha value is -0.630. The Morgan fingerprint density at radius 1 is 1.26 bits per heavy atom. The van der Waals surface area contributed by atoms with Crippen LogP contribution in [-0.2, 0) is 4.79 Å². The molecule has 0 amide bonds. The predicted molar refractivity (Wildman–Crippen MR) is 91.9 cm³/mol. The maximum atomic E-state index is 12.7. The van der Waals surface area contributed by atoms with Gasteiger partial charge in [0.1, 0.15) is 5.78 Å². The van der Waals surface area contributed by atoms with Crippen LogP contribution in [0.25, 0.3) is 0 Å². The molecule has 0 aromatic carbocycles. The van der Waals surface area contributed by atoms with Crippen molar-refractivity contribution in [3.63, 3.8) is 0 Å². The van der Waals surface area contributed by atoms with Crippen LogP contribution in [0.15, 0.2) is 11.6 Å². The summed E-state index contributed by atoms with van der Waals surface area (Å²) in [5.41, 5.74) is 0.972. The van der Waals surface area contributed by atoms with Crippen LogP contribution in [0.3, 0.4) is 0 Å². The number of hydrogen-bond acceptors (Lipinski definition) is 2. The normalized spacial score (nSPS) is 58.5. The van der Waals surface area contributed by atoms with Gasteiger partial charge in [-0.2, -0.15) is 0 Å². The highest BCUT2D eigenvalue weighted by molar-refractivity contribution is 5.79. The lowest BCUT2D eigenvalue weighted by molar-refractivity contribution is -0.127. The number of allylic oxidation sites excluding steroid dienone is 1. The molecule has 4 rings (SSSR count). The monoisotopic (exact) mass is 320 g/mol. The van der Waals surface area contributed by atoms with E-state index in [0.717, 1.165) is 44.9 Å². The van der Waals surface area contributed by atoms with Crippen molar-refractivity contribution in [2.24, 2.45) is 34.5 Å². The second kappa shape index (κ2) is 5.18. The molecule has 0 aromatic rings. The van der Waals surface area contributed by atoms with Gasteiger partial charge in [-0.3, -0.25) is 4.79 Å². The van der Waals surface area contributed by atoms with Gasteiger partial charge in [-0.05, 0) is 86.8 Å². The van der Waals surface area contributed by atoms with E-state index in [1.807, 2.05) is 6.92 Å². The minimum Gasteiger partial charge on any atom is -0.393 e. The minimum atomic E-state index is -2.69. The van der Waals surface area contributed by atoms with Crippen molar-refractivity contribution in [1.29, 1.82) is 0 Å². The van der Waals surface area contributed by atoms with E-state index in [1.54, 1.807) is 0 Å². The number of carbonyl (C=O) groups is 1. The van der Waals surface area contributed by atoms with Crippen molar-refractivity contribution in [2.45, 2.75) is 78.2 Å². The lowest BCUT2D eigenvalue weighted by Crippen LogP contribution is -2.50. The molecule has 0 unspecified atom stereocenters. The maximum Gasteiger partial charge on any atom is 0.133 e. The minimum absolute atomic E-state index is 0.116. The van der Waals surface area contributed by atoms with Gasteiger partial charge in [0.25, 0.3) is 0 Å². The van der Waals surface area contributed by atoms with Crippen molar-refractivity contribution >= 4 is 5.78 Å². The molecule has 4 aliphatic rings. The molecule has 4 aliphatic carbocycles. The van der Waals surface area contributed by atoms with E-state index in [-0.39, 0.29) is 17.4 Å². The first-order valence-electron chi connectivity index (χ1n) is 11.4. The van der Waals surface area contributed by atoms with Crippen LogP contribution in [0.2, 0.25) is 0 Å². The van der Waals surface area contributed by atoms with Crippen LogP contribution in [0, 0.1) is 34.5 Å². The van der Waals surface area contributed by atoms with E-state index in [9.17, 15) is 9.90 Å². The SMILES string of the molecule is [2H]C([2H])([2H])C(=O)[C@]1([2H])CC[C@H]2[C@@H]3CC=C4C[C@@H](O)CC[C@]4(C)[C@H]3CC[C@@]21C. The summed E-state index contributed by atoms with van der Waals surface area (Å²) in [5, 5.41) is 10.1. The van der Waals surface area contributed by atoms with Gasteiger partial charge in [0, 0.05) is 11.4 Å². The van der Waals surface area contributed by atoms with Gasteiger partial charge >= 0.3 is 0 Å². The van der Waals surface area contributed by atoms with Gasteiger partial charge in [-0.1, -0.05) is 25.5 Å². The van der Waals surface area contributed by atoms with Crippen molar-refractivity contribution in [3.8, 4) is 0 Å². The van der Waals surface area contributed by atoms with Crippen LogP contribution in [-0.4, -0.2) is 17.0 Å². The van der Waals surface area contributed by atoms with Crippen LogP contribution in [0.5, 0.6) is 0 Å². The number of hydrogen-bond donors (Lipinski definition) is 1. The highest BCUT2D eigenvalue weighted by Crippen LogP contribution is 2.66. The first-order valence-corrected chi connectivity index (χ1v) is 9.36. The molecule has 0 aromatic heterocycles. The Kier molecular flexibility index (Phi) is 2.67. The van der Waals surface area contributed by atoms with Gasteiger partial charge in [0.2, 0.25) is 0 Å². The van der Waals surface area contributed by atoms with E-state index in [4.69, 9.17) is 5.48 Å². The zero-order chi connectivity index (χ0) is 19.8. The zero-order valence-corrected chi connectivity index (χ0v) is 14.4. The average molecular weight is 321 g/mol. The number of fused-ring (bicyclic) bond motifs is 5. The van der Waals surface area contributed by atoms with E-state index in [2.05, 4.69) is 13.0 Å². The van der Waals surface area contributed by atoms with Crippen LogP contribution < -0.4 is 0 Å². The molecular weight excluding hydrogens is 284 g/mol. The molecule has 7 atom stereocenters. The summed E-state index contributed by atoms with van der Waals surface area (Å²) in [6.07, 6.45) is 8.55. The molecular formula is C21H32O2. The molecule has 0 radical (unpaired) electrons. The fourth-order valence-electron chi connectivity index (χ4n) is 6.83. The number of Topliss-reactive ketones (excluding diaryl/α,β-unsaturated/α-hetero) is 1. The summed E-state index contributed by atoms with van der Waals surface area (Å²) in [5.74, 6) is -1.15. The zero-order valence-electron chi connectivity index (χ0n) is 18.4. The van der Waals surface area contributed by atoms with Gasteiger partial charge in [0.05, 0.1) is 6.10 Å². The Balaban J connectivity index is 1.68. The number of carbonyl (C=O) groups excluding carboxylic acids is 1. The van der Waals surface area contributed by atoms with Crippen molar-refractivity contribution in [3.05, 3.63) is 11.6 Å². The summed E-state index contributed by atoms with van der Waals surface area (Å²) in [6, 6.07) is 0. The summed E-state index contributed by atoms with van der Waals surface area (Å²) in [7, 11) is 0. The number of aliphatic hydroxyl groups excluding tert-OH is 1. The topological polar surface area (TPSA) is 37.3 Å². The largest absolute Gasteiger partial charge is 0.393 e. The lowest BCUT2D eigenvalue weighted by Gasteiger charge is -2.57. The summed E-state index contributed by atoms with van der Waals surface area (Å²) in [4.78, 5) is 12.7. The molecule has 2 heteroatoms. The van der Waals surface area contributed by atoms with Gasteiger partial charge in [-0.15, -0.1) is 0 Å². The molecule has 23 heavy (non-hydrogen) atoms. The predicted octanol–water partition coefficient (Wildman–Crippen LogP) is 4.52. The lowest BCUT2D eigenvalue weighted by atomic mass is 9.47. The average Bonchev–Trinajstić information content (AvgIpc) is 2.86. The highest BCUT2D eigenvalue weighted by Gasteiger charge is 2.59. The number of aliphatic hydroxyl groups is 1. The Morgan fingerprint density at radius 3 is 2.87 bits per heavy atom. The molecule has 0 aliphatic heterocycles. The van der Waals surface area contributed by atoms with Crippen LogP contribution in [0.4, 0.5) is 0 Å². The quantitative estimate of drug-likeness (QED) is 0.722. The van der Waals surface area contributed by atoms with Crippen LogP contribution >= 0.6 is 0 Å². The molecule has 0 saturated heterocycles. The maximum absolute atomic E-state index is 12.7. The summed E-state index contributed by atoms with van der Waals surface area (Å²) >= 11 is 0. The number of ketones is 1. The van der Waals surface area contributed by atoms with Crippen molar-refractivity contribution < 1.29 is 15.4 Å². The van der Waals surface area contributed by atoms with Gasteiger partial charge in [0.15, 0.2) is 0 Å². The standard InChI is InChI=1S/C21H32O2/c1-13(22)17-6-7-18-16-5-4-14-12-15(23)8-10-20(14,2)19(16)9-11-21(17,18)3/h4,15-19,23H,5-12H2,1-3H3/t15-,16-,17-,18-,19-,20-,21+/m0/s1/i1D3,17D. The molecule has 128 valence electrons. The Bertz CT molecular complexity index is 686. The fourth-order valence-corrected chi connectivity index (χ4v) is 6.83. The van der Waals surface area contributed by atoms with Crippen LogP contribution in [0.1, 0.15) is 77.5 Å². The molecule has 0 bridgehead atoms. The second-order valence-corrected chi connectivity index (χ2v) is 8.96. The third-order valence-electron chi connectivity index (χ3n) is 8.14. The Morgan fingerprint density at radius 2 is 2.09 bits per heavy atom. The molecule has 2 nitrogen and oxygen atoms in total. The molecule has 0 heterocycles.